The summed E-state index contributed by atoms with van der Waals surface area (Å²) in [4.78, 5) is 20.4. The lowest BCUT2D eigenvalue weighted by molar-refractivity contribution is 0.0961. The first-order chi connectivity index (χ1) is 10.4. The van der Waals surface area contributed by atoms with Crippen LogP contribution in [0.3, 0.4) is 0 Å². The number of aryl methyl sites for hydroxylation is 1. The number of nitrogens with one attached hydrogen (secondary N) is 2. The number of amides is 1. The third kappa shape index (κ3) is 2.93. The van der Waals surface area contributed by atoms with Crippen LogP contribution < -0.4 is 10.6 Å². The number of carbonyl (C=O) groups excluding carboxylic acids is 1. The molecule has 0 bridgehead atoms. The Labute approximate surface area is 130 Å². The Kier molecular flexibility index (Phi) is 3.56. The molecule has 0 atom stereocenters. The highest BCUT2D eigenvalue weighted by molar-refractivity contribution is 5.96. The van der Waals surface area contributed by atoms with Gasteiger partial charge >= 0.3 is 0 Å². The fourth-order valence-electron chi connectivity index (χ4n) is 2.68. The molecule has 1 amide bonds. The molecule has 114 valence electrons. The highest BCUT2D eigenvalue weighted by atomic mass is 16.2. The van der Waals surface area contributed by atoms with Gasteiger partial charge in [-0.1, -0.05) is 24.3 Å². The van der Waals surface area contributed by atoms with Crippen molar-refractivity contribution < 1.29 is 4.79 Å². The summed E-state index contributed by atoms with van der Waals surface area (Å²) in [7, 11) is 0. The fraction of sp³-hybridized carbons (Fsp3) is 0.353. The maximum atomic E-state index is 11.7. The molecule has 3 rings (SSSR count). The number of aromatic nitrogens is 2. The van der Waals surface area contributed by atoms with Crippen LogP contribution in [0.15, 0.2) is 30.5 Å². The number of nitrogens with zero attached hydrogens (tertiary/aromatic N) is 2. The number of hydrogen-bond donors (Lipinski definition) is 2. The minimum atomic E-state index is -0.213. The zero-order valence-corrected chi connectivity index (χ0v) is 13.1. The summed E-state index contributed by atoms with van der Waals surface area (Å²) in [5.41, 5.74) is 3.68. The van der Waals surface area contributed by atoms with Gasteiger partial charge in [0.1, 0.15) is 5.69 Å². The molecule has 2 aromatic rings. The molecule has 0 saturated heterocycles. The molecule has 0 aliphatic carbocycles. The van der Waals surface area contributed by atoms with Gasteiger partial charge in [-0.15, -0.1) is 0 Å². The smallest absolute Gasteiger partial charge is 0.270 e. The zero-order chi connectivity index (χ0) is 15.7. The van der Waals surface area contributed by atoms with Crippen LogP contribution in [0.2, 0.25) is 0 Å². The van der Waals surface area contributed by atoms with Crippen LogP contribution in [-0.4, -0.2) is 21.4 Å². The Morgan fingerprint density at radius 3 is 2.86 bits per heavy atom. The fourth-order valence-corrected chi connectivity index (χ4v) is 2.68. The molecule has 0 saturated carbocycles. The molecule has 1 aromatic carbocycles. The van der Waals surface area contributed by atoms with Gasteiger partial charge < -0.3 is 10.6 Å². The number of hydrogen-bond acceptors (Lipinski definition) is 4. The first-order valence-electron chi connectivity index (χ1n) is 7.41. The molecular formula is C17H20N4O. The van der Waals surface area contributed by atoms with Crippen LogP contribution >= 0.6 is 0 Å². The van der Waals surface area contributed by atoms with Crippen molar-refractivity contribution in [2.45, 2.75) is 39.3 Å². The summed E-state index contributed by atoms with van der Waals surface area (Å²) in [5, 5.41) is 6.10. The summed E-state index contributed by atoms with van der Waals surface area (Å²) >= 11 is 0. The van der Waals surface area contributed by atoms with Crippen molar-refractivity contribution in [2.24, 2.45) is 0 Å². The minimum absolute atomic E-state index is 0.128. The molecule has 2 heterocycles. The normalized spacial score (nSPS) is 13.7. The van der Waals surface area contributed by atoms with Crippen LogP contribution in [0, 0.1) is 6.92 Å². The average molecular weight is 296 g/mol. The van der Waals surface area contributed by atoms with E-state index in [9.17, 15) is 4.79 Å². The zero-order valence-electron chi connectivity index (χ0n) is 13.1. The van der Waals surface area contributed by atoms with E-state index in [2.05, 4.69) is 59.6 Å². The summed E-state index contributed by atoms with van der Waals surface area (Å²) < 4.78 is 0. The number of carbonyl (C=O) groups is 1. The summed E-state index contributed by atoms with van der Waals surface area (Å²) in [5.74, 6) is 0.367. The second-order valence-electron chi connectivity index (χ2n) is 6.36. The lowest BCUT2D eigenvalue weighted by atomic mass is 9.92. The summed E-state index contributed by atoms with van der Waals surface area (Å²) in [6.07, 6.45) is 2.57. The summed E-state index contributed by atoms with van der Waals surface area (Å²) in [6, 6.07) is 8.34. The molecular weight excluding hydrogens is 276 g/mol. The SMILES string of the molecule is Cc1ccccc1CC(C)(C)Nc1ncc2c(n1)C(=O)NC2. The van der Waals surface area contributed by atoms with Crippen molar-refractivity contribution in [3.8, 4) is 0 Å². The maximum absolute atomic E-state index is 11.7. The van der Waals surface area contributed by atoms with E-state index >= 15 is 0 Å². The van der Waals surface area contributed by atoms with Gasteiger partial charge in [0.15, 0.2) is 0 Å². The molecule has 5 nitrogen and oxygen atoms in total. The van der Waals surface area contributed by atoms with E-state index < -0.39 is 0 Å². The third-order valence-electron chi connectivity index (χ3n) is 3.86. The summed E-state index contributed by atoms with van der Waals surface area (Å²) in [6.45, 7) is 6.84. The molecule has 2 N–H and O–H groups in total. The van der Waals surface area contributed by atoms with Crippen molar-refractivity contribution in [3.05, 3.63) is 52.8 Å². The second-order valence-corrected chi connectivity index (χ2v) is 6.36. The van der Waals surface area contributed by atoms with Crippen LogP contribution in [0.25, 0.3) is 0 Å². The van der Waals surface area contributed by atoms with E-state index in [4.69, 9.17) is 0 Å². The van der Waals surface area contributed by atoms with Crippen LogP contribution in [-0.2, 0) is 13.0 Å². The van der Waals surface area contributed by atoms with Gasteiger partial charge in [-0.25, -0.2) is 9.97 Å². The molecule has 1 aliphatic rings. The quantitative estimate of drug-likeness (QED) is 0.909. The van der Waals surface area contributed by atoms with Gasteiger partial charge in [0.25, 0.3) is 5.91 Å². The lowest BCUT2D eigenvalue weighted by Crippen LogP contribution is -2.34. The Morgan fingerprint density at radius 2 is 2.09 bits per heavy atom. The van der Waals surface area contributed by atoms with E-state index in [-0.39, 0.29) is 11.4 Å². The highest BCUT2D eigenvalue weighted by Gasteiger charge is 2.24. The van der Waals surface area contributed by atoms with Crippen molar-refractivity contribution in [3.63, 3.8) is 0 Å². The van der Waals surface area contributed by atoms with E-state index in [0.717, 1.165) is 12.0 Å². The van der Waals surface area contributed by atoms with Gasteiger partial charge in [0, 0.05) is 23.8 Å². The van der Waals surface area contributed by atoms with Gasteiger partial charge in [0.2, 0.25) is 5.95 Å². The van der Waals surface area contributed by atoms with Crippen LogP contribution in [0.1, 0.15) is 41.0 Å². The Balaban J connectivity index is 1.78. The molecule has 0 fully saturated rings. The second kappa shape index (κ2) is 5.40. The number of fused-ring (bicyclic) bond motifs is 1. The molecule has 5 heteroatoms. The number of rotatable bonds is 4. The van der Waals surface area contributed by atoms with Crippen molar-refractivity contribution in [1.82, 2.24) is 15.3 Å². The van der Waals surface area contributed by atoms with Gasteiger partial charge in [-0.2, -0.15) is 0 Å². The Morgan fingerprint density at radius 1 is 1.32 bits per heavy atom. The van der Waals surface area contributed by atoms with E-state index in [0.29, 0.717) is 18.2 Å². The number of benzene rings is 1. The predicted octanol–water partition coefficient (Wildman–Crippen LogP) is 2.46. The average Bonchev–Trinajstić information content (AvgIpc) is 2.82. The number of anilines is 1. The third-order valence-corrected chi connectivity index (χ3v) is 3.86. The lowest BCUT2D eigenvalue weighted by Gasteiger charge is -2.27. The monoisotopic (exact) mass is 296 g/mol. The highest BCUT2D eigenvalue weighted by Crippen LogP contribution is 2.21. The first-order valence-corrected chi connectivity index (χ1v) is 7.41. The van der Waals surface area contributed by atoms with Gasteiger partial charge in [-0.3, -0.25) is 4.79 Å². The Bertz CT molecular complexity index is 724. The van der Waals surface area contributed by atoms with E-state index in [1.807, 2.05) is 6.07 Å². The van der Waals surface area contributed by atoms with E-state index in [1.54, 1.807) is 6.20 Å². The topological polar surface area (TPSA) is 66.9 Å². The molecule has 0 radical (unpaired) electrons. The van der Waals surface area contributed by atoms with Gasteiger partial charge in [-0.05, 0) is 38.3 Å². The molecule has 1 aliphatic heterocycles. The largest absolute Gasteiger partial charge is 0.349 e. The molecule has 1 aromatic heterocycles. The Hall–Kier alpha value is -2.43. The first kappa shape index (κ1) is 14.5. The maximum Gasteiger partial charge on any atom is 0.270 e. The van der Waals surface area contributed by atoms with Crippen molar-refractivity contribution in [1.29, 1.82) is 0 Å². The standard InChI is InChI=1S/C17H20N4O/c1-11-6-4-5-7-12(11)8-17(2,3)21-16-19-10-13-9-18-15(22)14(13)20-16/h4-7,10H,8-9H2,1-3H3,(H,18,22)(H,19,20,21). The molecule has 22 heavy (non-hydrogen) atoms. The predicted molar refractivity (Wildman–Crippen MR) is 85.8 cm³/mol. The minimum Gasteiger partial charge on any atom is -0.349 e. The van der Waals surface area contributed by atoms with Crippen LogP contribution in [0.4, 0.5) is 5.95 Å². The molecule has 0 spiro atoms. The van der Waals surface area contributed by atoms with E-state index in [1.165, 1.54) is 11.1 Å². The van der Waals surface area contributed by atoms with Crippen molar-refractivity contribution in [2.75, 3.05) is 5.32 Å². The van der Waals surface area contributed by atoms with Crippen LogP contribution in [0.5, 0.6) is 0 Å². The molecule has 0 unspecified atom stereocenters. The van der Waals surface area contributed by atoms with Crippen molar-refractivity contribution >= 4 is 11.9 Å². The van der Waals surface area contributed by atoms with Gasteiger partial charge in [0.05, 0.1) is 0 Å².